The molecule has 0 N–H and O–H groups in total. The predicted octanol–water partition coefficient (Wildman–Crippen LogP) is 5.16. The lowest BCUT2D eigenvalue weighted by Crippen LogP contribution is -2.35. The Kier molecular flexibility index (Phi) is 8.88. The second-order valence-corrected chi connectivity index (χ2v) is 7.57. The SMILES string of the molecule is C=N/C(=C\C=C(/C)OCc1ccccc1)CCc1ccc(CN2CCOCC2)cc1. The van der Waals surface area contributed by atoms with Crippen molar-refractivity contribution >= 4 is 6.72 Å². The highest BCUT2D eigenvalue weighted by atomic mass is 16.5. The molecule has 0 atom stereocenters. The van der Waals surface area contributed by atoms with Crippen molar-refractivity contribution in [3.05, 3.63) is 94.9 Å². The summed E-state index contributed by atoms with van der Waals surface area (Å²) in [6, 6.07) is 19.1. The van der Waals surface area contributed by atoms with Crippen LogP contribution in [0.4, 0.5) is 0 Å². The van der Waals surface area contributed by atoms with Crippen LogP contribution in [-0.2, 0) is 29.0 Å². The highest BCUT2D eigenvalue weighted by Crippen LogP contribution is 2.14. The average molecular weight is 405 g/mol. The van der Waals surface area contributed by atoms with Gasteiger partial charge in [0.1, 0.15) is 6.61 Å². The van der Waals surface area contributed by atoms with E-state index in [0.717, 1.165) is 62.7 Å². The lowest BCUT2D eigenvalue weighted by atomic mass is 10.1. The first-order valence-corrected chi connectivity index (χ1v) is 10.6. The monoisotopic (exact) mass is 404 g/mol. The zero-order valence-electron chi connectivity index (χ0n) is 17.9. The Morgan fingerprint density at radius 1 is 1.00 bits per heavy atom. The van der Waals surface area contributed by atoms with Crippen LogP contribution in [0.15, 0.2) is 83.2 Å². The summed E-state index contributed by atoms with van der Waals surface area (Å²) in [5.41, 5.74) is 4.80. The number of ether oxygens (including phenoxy) is 2. The Bertz CT molecular complexity index is 835. The van der Waals surface area contributed by atoms with Crippen molar-refractivity contribution < 1.29 is 9.47 Å². The minimum absolute atomic E-state index is 0.574. The zero-order chi connectivity index (χ0) is 21.0. The summed E-state index contributed by atoms with van der Waals surface area (Å²) in [5.74, 6) is 0.868. The molecule has 1 saturated heterocycles. The molecule has 0 amide bonds. The van der Waals surface area contributed by atoms with E-state index in [0.29, 0.717) is 6.61 Å². The molecule has 0 aliphatic carbocycles. The fourth-order valence-electron chi connectivity index (χ4n) is 3.35. The highest BCUT2D eigenvalue weighted by Gasteiger charge is 2.10. The largest absolute Gasteiger partial charge is 0.494 e. The van der Waals surface area contributed by atoms with Gasteiger partial charge < -0.3 is 9.47 Å². The van der Waals surface area contributed by atoms with E-state index < -0.39 is 0 Å². The van der Waals surface area contributed by atoms with E-state index in [9.17, 15) is 0 Å². The number of aliphatic imine (C=N–C) groups is 1. The molecule has 1 aliphatic rings. The molecule has 0 aromatic heterocycles. The van der Waals surface area contributed by atoms with Crippen molar-refractivity contribution in [1.82, 2.24) is 4.90 Å². The van der Waals surface area contributed by atoms with Gasteiger partial charge in [-0.3, -0.25) is 9.89 Å². The molecule has 0 spiro atoms. The molecule has 1 fully saturated rings. The molecule has 2 aromatic rings. The number of hydrogen-bond donors (Lipinski definition) is 0. The van der Waals surface area contributed by atoms with Gasteiger partial charge in [0.2, 0.25) is 0 Å². The normalized spacial score (nSPS) is 15.8. The Morgan fingerprint density at radius 2 is 1.70 bits per heavy atom. The van der Waals surface area contributed by atoms with Crippen molar-refractivity contribution in [2.75, 3.05) is 26.3 Å². The van der Waals surface area contributed by atoms with Gasteiger partial charge in [-0.15, -0.1) is 0 Å². The maximum absolute atomic E-state index is 5.80. The maximum Gasteiger partial charge on any atom is 0.113 e. The topological polar surface area (TPSA) is 34.1 Å². The summed E-state index contributed by atoms with van der Waals surface area (Å²) >= 11 is 0. The third kappa shape index (κ3) is 7.62. The number of morpholine rings is 1. The van der Waals surface area contributed by atoms with Gasteiger partial charge in [0.05, 0.1) is 19.0 Å². The lowest BCUT2D eigenvalue weighted by Gasteiger charge is -2.26. The summed E-state index contributed by atoms with van der Waals surface area (Å²) in [7, 11) is 0. The standard InChI is InChI=1S/C26H32N2O2/c1-22(30-21-25-6-4-3-5-7-25)8-14-26(27-2)15-13-23-9-11-24(12-10-23)20-28-16-18-29-19-17-28/h3-12,14H,2,13,15-21H2,1H3/b22-8+,26-14-. The minimum atomic E-state index is 0.574. The molecule has 4 heteroatoms. The molecule has 30 heavy (non-hydrogen) atoms. The predicted molar refractivity (Wildman–Crippen MR) is 123 cm³/mol. The smallest absolute Gasteiger partial charge is 0.113 e. The molecule has 2 aromatic carbocycles. The summed E-state index contributed by atoms with van der Waals surface area (Å²) in [6.07, 6.45) is 5.77. The first-order valence-electron chi connectivity index (χ1n) is 10.6. The average Bonchev–Trinajstić information content (AvgIpc) is 2.80. The number of allylic oxidation sites excluding steroid dienone is 4. The first-order chi connectivity index (χ1) is 14.7. The fourth-order valence-corrected chi connectivity index (χ4v) is 3.35. The second-order valence-electron chi connectivity index (χ2n) is 7.57. The molecule has 1 heterocycles. The van der Waals surface area contributed by atoms with Crippen LogP contribution in [0.25, 0.3) is 0 Å². The molecular weight excluding hydrogens is 372 g/mol. The van der Waals surface area contributed by atoms with Crippen LogP contribution in [0, 0.1) is 0 Å². The van der Waals surface area contributed by atoms with Gasteiger partial charge in [0.15, 0.2) is 0 Å². The Hall–Kier alpha value is -2.69. The zero-order valence-corrected chi connectivity index (χ0v) is 17.9. The number of nitrogens with zero attached hydrogens (tertiary/aromatic N) is 2. The molecule has 158 valence electrons. The van der Waals surface area contributed by atoms with Crippen LogP contribution in [-0.4, -0.2) is 37.9 Å². The lowest BCUT2D eigenvalue weighted by molar-refractivity contribution is 0.0342. The van der Waals surface area contributed by atoms with Gasteiger partial charge in [0, 0.05) is 25.3 Å². The van der Waals surface area contributed by atoms with E-state index in [1.807, 2.05) is 37.3 Å². The van der Waals surface area contributed by atoms with Gasteiger partial charge in [-0.25, -0.2) is 0 Å². The van der Waals surface area contributed by atoms with Crippen LogP contribution < -0.4 is 0 Å². The summed E-state index contributed by atoms with van der Waals surface area (Å²) in [4.78, 5) is 6.62. The summed E-state index contributed by atoms with van der Waals surface area (Å²) in [5, 5.41) is 0. The number of aryl methyl sites for hydroxylation is 1. The highest BCUT2D eigenvalue weighted by molar-refractivity contribution is 5.31. The third-order valence-corrected chi connectivity index (χ3v) is 5.23. The Morgan fingerprint density at radius 3 is 2.40 bits per heavy atom. The molecule has 0 bridgehead atoms. The molecular formula is C26H32N2O2. The molecule has 0 radical (unpaired) electrons. The molecule has 0 saturated carbocycles. The van der Waals surface area contributed by atoms with E-state index in [4.69, 9.17) is 9.47 Å². The van der Waals surface area contributed by atoms with E-state index in [-0.39, 0.29) is 0 Å². The van der Waals surface area contributed by atoms with Crippen LogP contribution in [0.1, 0.15) is 30.0 Å². The molecule has 4 nitrogen and oxygen atoms in total. The van der Waals surface area contributed by atoms with E-state index >= 15 is 0 Å². The van der Waals surface area contributed by atoms with Crippen molar-refractivity contribution in [2.24, 2.45) is 4.99 Å². The van der Waals surface area contributed by atoms with Crippen molar-refractivity contribution in [3.8, 4) is 0 Å². The molecule has 3 rings (SSSR count). The first kappa shape index (κ1) is 22.0. The maximum atomic E-state index is 5.80. The van der Waals surface area contributed by atoms with Crippen LogP contribution in [0.2, 0.25) is 0 Å². The van der Waals surface area contributed by atoms with Gasteiger partial charge in [0.25, 0.3) is 0 Å². The molecule has 0 unspecified atom stereocenters. The van der Waals surface area contributed by atoms with Crippen molar-refractivity contribution in [3.63, 3.8) is 0 Å². The number of rotatable bonds is 10. The summed E-state index contributed by atoms with van der Waals surface area (Å²) in [6.45, 7) is 11.0. The number of hydrogen-bond acceptors (Lipinski definition) is 4. The van der Waals surface area contributed by atoms with Crippen molar-refractivity contribution in [2.45, 2.75) is 32.9 Å². The van der Waals surface area contributed by atoms with Gasteiger partial charge in [-0.1, -0.05) is 54.6 Å². The Labute approximate surface area is 180 Å². The molecule has 1 aliphatic heterocycles. The van der Waals surface area contributed by atoms with Gasteiger partial charge in [-0.2, -0.15) is 0 Å². The minimum Gasteiger partial charge on any atom is -0.494 e. The van der Waals surface area contributed by atoms with E-state index in [1.165, 1.54) is 11.1 Å². The van der Waals surface area contributed by atoms with E-state index in [2.05, 4.69) is 53.0 Å². The quantitative estimate of drug-likeness (QED) is 0.312. The Balaban J connectivity index is 1.46. The van der Waals surface area contributed by atoms with Crippen LogP contribution in [0.5, 0.6) is 0 Å². The summed E-state index contributed by atoms with van der Waals surface area (Å²) < 4.78 is 11.2. The van der Waals surface area contributed by atoms with Crippen LogP contribution in [0.3, 0.4) is 0 Å². The third-order valence-electron chi connectivity index (χ3n) is 5.23. The van der Waals surface area contributed by atoms with Gasteiger partial charge >= 0.3 is 0 Å². The second kappa shape index (κ2) is 12.1. The number of benzene rings is 2. The van der Waals surface area contributed by atoms with E-state index in [1.54, 1.807) is 0 Å². The van der Waals surface area contributed by atoms with Gasteiger partial charge in [-0.05, 0) is 55.3 Å². The van der Waals surface area contributed by atoms with Crippen LogP contribution >= 0.6 is 0 Å². The van der Waals surface area contributed by atoms with Crippen molar-refractivity contribution in [1.29, 1.82) is 0 Å². The fraction of sp³-hybridized carbons (Fsp3) is 0.346.